The van der Waals surface area contributed by atoms with Crippen molar-refractivity contribution in [1.82, 2.24) is 24.6 Å². The number of rotatable bonds is 5. The van der Waals surface area contributed by atoms with E-state index in [4.69, 9.17) is 0 Å². The van der Waals surface area contributed by atoms with Crippen LogP contribution in [0, 0.1) is 10.1 Å². The third kappa shape index (κ3) is 2.68. The number of nitrogens with one attached hydrogen (secondary N) is 1. The summed E-state index contributed by atoms with van der Waals surface area (Å²) in [5, 5.41) is 18.6. The Morgan fingerprint density at radius 3 is 2.95 bits per heavy atom. The zero-order valence-corrected chi connectivity index (χ0v) is 12.3. The molecule has 0 aliphatic rings. The second-order valence-corrected chi connectivity index (χ2v) is 5.04. The van der Waals surface area contributed by atoms with Gasteiger partial charge in [-0.15, -0.1) is 0 Å². The molecule has 3 aromatic rings. The summed E-state index contributed by atoms with van der Waals surface area (Å²) in [6, 6.07) is 3.75. The number of thioether (sulfide) groups is 1. The van der Waals surface area contributed by atoms with Gasteiger partial charge in [-0.05, 0) is 17.9 Å². The maximum Gasteiger partial charge on any atom is 0.333 e. The Morgan fingerprint density at radius 2 is 2.27 bits per heavy atom. The van der Waals surface area contributed by atoms with Crippen LogP contribution in [-0.4, -0.2) is 35.7 Å². The molecular weight excluding hydrogens is 306 g/mol. The van der Waals surface area contributed by atoms with Gasteiger partial charge in [0.05, 0.1) is 4.92 Å². The number of nitrogens with zero attached hydrogens (tertiary/aromatic N) is 6. The lowest BCUT2D eigenvalue weighted by Crippen LogP contribution is -2.09. The Balaban J connectivity index is 1.99. The van der Waals surface area contributed by atoms with Crippen molar-refractivity contribution in [2.24, 2.45) is 0 Å². The molecule has 0 aliphatic carbocycles. The van der Waals surface area contributed by atoms with Crippen molar-refractivity contribution in [3.8, 4) is 0 Å². The topological polar surface area (TPSA) is 111 Å². The van der Waals surface area contributed by atoms with Gasteiger partial charge in [0.25, 0.3) is 0 Å². The fourth-order valence-electron chi connectivity index (χ4n) is 1.86. The summed E-state index contributed by atoms with van der Waals surface area (Å²) in [5.41, 5.74) is 0.974. The minimum atomic E-state index is -0.510. The Morgan fingerprint density at radius 1 is 1.41 bits per heavy atom. The van der Waals surface area contributed by atoms with Crippen molar-refractivity contribution in [3.05, 3.63) is 46.4 Å². The number of aromatic nitrogens is 5. The van der Waals surface area contributed by atoms with E-state index in [0.29, 0.717) is 17.6 Å². The van der Waals surface area contributed by atoms with Gasteiger partial charge in [-0.2, -0.15) is 19.6 Å². The average Bonchev–Trinajstić information content (AvgIpc) is 2.97. The molecule has 0 atom stereocenters. The molecule has 0 spiro atoms. The first-order valence-corrected chi connectivity index (χ1v) is 7.48. The van der Waals surface area contributed by atoms with Crippen molar-refractivity contribution in [1.29, 1.82) is 0 Å². The molecule has 0 fully saturated rings. The minimum absolute atomic E-state index is 0.151. The summed E-state index contributed by atoms with van der Waals surface area (Å²) in [6.07, 6.45) is 6.39. The van der Waals surface area contributed by atoms with Crippen molar-refractivity contribution in [2.75, 3.05) is 11.6 Å². The normalized spacial score (nSPS) is 10.8. The van der Waals surface area contributed by atoms with Crippen molar-refractivity contribution >= 4 is 29.0 Å². The quantitative estimate of drug-likeness (QED) is 0.430. The maximum atomic E-state index is 11.0. The van der Waals surface area contributed by atoms with Crippen LogP contribution >= 0.6 is 11.8 Å². The number of pyridine rings is 1. The van der Waals surface area contributed by atoms with Crippen LogP contribution in [0.3, 0.4) is 0 Å². The molecule has 0 aliphatic heterocycles. The first kappa shape index (κ1) is 14.2. The third-order valence-corrected chi connectivity index (χ3v) is 3.43. The van der Waals surface area contributed by atoms with Gasteiger partial charge in [-0.3, -0.25) is 15.1 Å². The van der Waals surface area contributed by atoms with Crippen LogP contribution in [0.25, 0.3) is 5.65 Å². The van der Waals surface area contributed by atoms with Gasteiger partial charge in [0.15, 0.2) is 5.16 Å². The van der Waals surface area contributed by atoms with E-state index in [-0.39, 0.29) is 11.3 Å². The number of fused-ring (bicyclic) bond motifs is 1. The monoisotopic (exact) mass is 317 g/mol. The molecule has 0 saturated carbocycles. The standard InChI is InChI=1S/C12H11N7O2S/c1-22-12-16-10-9(19(20)21)7-15-18(10)11(17-12)14-6-8-3-2-4-13-5-8/h2-5,7H,6H2,1H3,(H,14,16,17). The highest BCUT2D eigenvalue weighted by Gasteiger charge is 2.20. The lowest BCUT2D eigenvalue weighted by Gasteiger charge is -2.07. The highest BCUT2D eigenvalue weighted by molar-refractivity contribution is 7.98. The number of hydrogen-bond acceptors (Lipinski definition) is 8. The van der Waals surface area contributed by atoms with Crippen LogP contribution in [0.2, 0.25) is 0 Å². The Hall–Kier alpha value is -2.75. The molecular formula is C12H11N7O2S. The van der Waals surface area contributed by atoms with Crippen molar-refractivity contribution in [3.63, 3.8) is 0 Å². The molecule has 22 heavy (non-hydrogen) atoms. The zero-order chi connectivity index (χ0) is 15.5. The second-order valence-electron chi connectivity index (χ2n) is 4.27. The molecule has 9 nitrogen and oxygen atoms in total. The summed E-state index contributed by atoms with van der Waals surface area (Å²) < 4.78 is 1.33. The maximum absolute atomic E-state index is 11.0. The molecule has 1 N–H and O–H groups in total. The van der Waals surface area contributed by atoms with Gasteiger partial charge in [-0.25, -0.2) is 0 Å². The van der Waals surface area contributed by atoms with Gasteiger partial charge >= 0.3 is 5.69 Å². The van der Waals surface area contributed by atoms with E-state index in [9.17, 15) is 10.1 Å². The van der Waals surface area contributed by atoms with E-state index in [1.807, 2.05) is 12.1 Å². The molecule has 0 amide bonds. The predicted octanol–water partition coefficient (Wildman–Crippen LogP) is 1.76. The zero-order valence-electron chi connectivity index (χ0n) is 11.5. The summed E-state index contributed by atoms with van der Waals surface area (Å²) in [7, 11) is 0. The molecule has 3 aromatic heterocycles. The van der Waals surface area contributed by atoms with E-state index < -0.39 is 4.92 Å². The fraction of sp³-hybridized carbons (Fsp3) is 0.167. The molecule has 3 heterocycles. The Bertz CT molecular complexity index is 821. The predicted molar refractivity (Wildman–Crippen MR) is 80.8 cm³/mol. The largest absolute Gasteiger partial charge is 0.350 e. The Kier molecular flexibility index (Phi) is 3.83. The highest BCUT2D eigenvalue weighted by atomic mass is 32.2. The van der Waals surface area contributed by atoms with Crippen molar-refractivity contribution in [2.45, 2.75) is 11.7 Å². The number of anilines is 1. The van der Waals surface area contributed by atoms with E-state index >= 15 is 0 Å². The first-order valence-electron chi connectivity index (χ1n) is 6.26. The molecule has 0 aromatic carbocycles. The van der Waals surface area contributed by atoms with E-state index in [2.05, 4.69) is 25.4 Å². The van der Waals surface area contributed by atoms with Crippen LogP contribution < -0.4 is 5.32 Å². The van der Waals surface area contributed by atoms with E-state index in [0.717, 1.165) is 5.56 Å². The molecule has 0 unspecified atom stereocenters. The van der Waals surface area contributed by atoms with E-state index in [1.54, 1.807) is 18.6 Å². The SMILES string of the molecule is CSc1nc(NCc2cccnc2)n2ncc([N+](=O)[O-])c2n1. The summed E-state index contributed by atoms with van der Waals surface area (Å²) in [6.45, 7) is 0.474. The molecule has 0 bridgehead atoms. The van der Waals surface area contributed by atoms with Crippen LogP contribution in [0.1, 0.15) is 5.56 Å². The lowest BCUT2D eigenvalue weighted by atomic mass is 10.3. The van der Waals surface area contributed by atoms with Gasteiger partial charge < -0.3 is 5.32 Å². The minimum Gasteiger partial charge on any atom is -0.350 e. The van der Waals surface area contributed by atoms with Gasteiger partial charge in [0, 0.05) is 18.9 Å². The third-order valence-electron chi connectivity index (χ3n) is 2.88. The number of nitro groups is 1. The van der Waals surface area contributed by atoms with Crippen LogP contribution in [0.15, 0.2) is 35.9 Å². The van der Waals surface area contributed by atoms with E-state index in [1.165, 1.54) is 22.5 Å². The highest BCUT2D eigenvalue weighted by Crippen LogP contribution is 2.22. The molecule has 3 rings (SSSR count). The fourth-order valence-corrected chi connectivity index (χ4v) is 2.22. The molecule has 0 saturated heterocycles. The summed E-state index contributed by atoms with van der Waals surface area (Å²) >= 11 is 1.31. The van der Waals surface area contributed by atoms with Gasteiger partial charge in [-0.1, -0.05) is 17.8 Å². The average molecular weight is 317 g/mol. The second kappa shape index (κ2) is 5.93. The summed E-state index contributed by atoms with van der Waals surface area (Å²) in [5.74, 6) is 0.395. The van der Waals surface area contributed by atoms with Crippen LogP contribution in [0.5, 0.6) is 0 Å². The summed E-state index contributed by atoms with van der Waals surface area (Å²) in [4.78, 5) is 23.0. The number of hydrogen-bond donors (Lipinski definition) is 1. The van der Waals surface area contributed by atoms with Crippen LogP contribution in [0.4, 0.5) is 11.6 Å². The molecule has 10 heteroatoms. The molecule has 112 valence electrons. The van der Waals surface area contributed by atoms with Crippen molar-refractivity contribution < 1.29 is 4.92 Å². The smallest absolute Gasteiger partial charge is 0.333 e. The Labute approximate surface area is 129 Å². The molecule has 0 radical (unpaired) electrons. The van der Waals surface area contributed by atoms with Crippen LogP contribution in [-0.2, 0) is 6.54 Å². The first-order chi connectivity index (χ1) is 10.7. The lowest BCUT2D eigenvalue weighted by molar-refractivity contribution is -0.383. The van der Waals surface area contributed by atoms with Gasteiger partial charge in [0.2, 0.25) is 11.6 Å². The van der Waals surface area contributed by atoms with Gasteiger partial charge in [0.1, 0.15) is 6.20 Å².